The molecule has 0 radical (unpaired) electrons. The molecule has 2 rings (SSSR count). The molecule has 0 heterocycles. The Balaban J connectivity index is 2.36. The third kappa shape index (κ3) is 4.72. The minimum Gasteiger partial charge on any atom is -0.481 e. The molecule has 0 atom stereocenters. The summed E-state index contributed by atoms with van der Waals surface area (Å²) in [5.74, 6) is -1.12. The number of ether oxygens (including phenoxy) is 1. The number of carboxylic acids is 1. The molecule has 0 aliphatic rings. The molecule has 2 aromatic rings. The van der Waals surface area contributed by atoms with Gasteiger partial charge in [-0.25, -0.2) is 0 Å². The number of benzene rings is 2. The zero-order chi connectivity index (χ0) is 20.1. The zero-order valence-electron chi connectivity index (χ0n) is 13.4. The van der Waals surface area contributed by atoms with E-state index in [1.165, 1.54) is 12.1 Å². The van der Waals surface area contributed by atoms with E-state index in [4.69, 9.17) is 9.84 Å². The van der Waals surface area contributed by atoms with Crippen LogP contribution in [0, 0.1) is 30.3 Å². The molecule has 0 unspecified atom stereocenters. The van der Waals surface area contributed by atoms with Crippen molar-refractivity contribution in [1.29, 1.82) is 0 Å². The van der Waals surface area contributed by atoms with Crippen LogP contribution in [0.3, 0.4) is 0 Å². The Morgan fingerprint density at radius 3 is 1.81 bits per heavy atom. The second kappa shape index (κ2) is 7.86. The van der Waals surface area contributed by atoms with Crippen molar-refractivity contribution in [3.63, 3.8) is 0 Å². The number of nitro benzene ring substituents is 3. The predicted octanol–water partition coefficient (Wildman–Crippen LogP) is 3.22. The first-order valence-electron chi connectivity index (χ1n) is 7.29. The average molecular weight is 377 g/mol. The zero-order valence-corrected chi connectivity index (χ0v) is 13.4. The molecule has 27 heavy (non-hydrogen) atoms. The van der Waals surface area contributed by atoms with Crippen molar-refractivity contribution in [1.82, 2.24) is 0 Å². The number of carboxylic acid groups (broad SMARTS) is 1. The van der Waals surface area contributed by atoms with E-state index in [0.29, 0.717) is 5.56 Å². The Bertz CT molecular complexity index is 890. The van der Waals surface area contributed by atoms with Crippen LogP contribution in [0.1, 0.15) is 12.0 Å². The lowest BCUT2D eigenvalue weighted by Crippen LogP contribution is -2.02. The van der Waals surface area contributed by atoms with E-state index >= 15 is 0 Å². The summed E-state index contributed by atoms with van der Waals surface area (Å²) < 4.78 is 5.33. The molecule has 0 saturated carbocycles. The van der Waals surface area contributed by atoms with Crippen molar-refractivity contribution in [2.75, 3.05) is 0 Å². The number of nitrogens with zero attached hydrogens (tertiary/aromatic N) is 3. The van der Waals surface area contributed by atoms with Crippen LogP contribution in [0.15, 0.2) is 36.4 Å². The fraction of sp³-hybridized carbons (Fsp3) is 0.133. The van der Waals surface area contributed by atoms with E-state index in [1.807, 2.05) is 0 Å². The van der Waals surface area contributed by atoms with Crippen LogP contribution in [0.5, 0.6) is 11.5 Å². The van der Waals surface area contributed by atoms with Crippen LogP contribution >= 0.6 is 0 Å². The fourth-order valence-corrected chi connectivity index (χ4v) is 2.21. The highest BCUT2D eigenvalue weighted by Crippen LogP contribution is 2.41. The van der Waals surface area contributed by atoms with E-state index in [0.717, 1.165) is 12.1 Å². The summed E-state index contributed by atoms with van der Waals surface area (Å²) >= 11 is 0. The first-order valence-corrected chi connectivity index (χ1v) is 7.29. The van der Waals surface area contributed by atoms with E-state index in [-0.39, 0.29) is 24.3 Å². The lowest BCUT2D eigenvalue weighted by molar-refractivity contribution is -0.441. The summed E-state index contributed by atoms with van der Waals surface area (Å²) in [7, 11) is 0. The molecule has 0 bridgehead atoms. The van der Waals surface area contributed by atoms with Crippen molar-refractivity contribution >= 4 is 23.0 Å². The largest absolute Gasteiger partial charge is 0.481 e. The summed E-state index contributed by atoms with van der Waals surface area (Å²) in [6.07, 6.45) is 0.213. The van der Waals surface area contributed by atoms with Gasteiger partial charge in [0.05, 0.1) is 26.9 Å². The normalized spacial score (nSPS) is 10.2. The van der Waals surface area contributed by atoms with Gasteiger partial charge in [0.1, 0.15) is 11.5 Å². The standard InChI is InChI=1S/C15H11N3O9/c19-14(20)6-3-9-1-4-10(5-2-9)27-11-7-12(16(21)22)15(18(25)26)13(8-11)17(23)24/h1-2,4-5,7-8H,3,6H2,(H,19,20). The molecule has 0 amide bonds. The van der Waals surface area contributed by atoms with Crippen LogP contribution in [0.2, 0.25) is 0 Å². The Morgan fingerprint density at radius 2 is 1.41 bits per heavy atom. The Kier molecular flexibility index (Phi) is 5.60. The van der Waals surface area contributed by atoms with Gasteiger partial charge in [0.2, 0.25) is 0 Å². The number of aryl methyl sites for hydroxylation is 1. The van der Waals surface area contributed by atoms with Crippen LogP contribution in [-0.4, -0.2) is 25.8 Å². The summed E-state index contributed by atoms with van der Waals surface area (Å²) in [5.41, 5.74) is -2.67. The van der Waals surface area contributed by atoms with Gasteiger partial charge in [0.25, 0.3) is 0 Å². The maximum atomic E-state index is 11.1. The first-order chi connectivity index (χ1) is 12.7. The number of rotatable bonds is 8. The third-order valence-corrected chi connectivity index (χ3v) is 3.41. The molecule has 1 N–H and O–H groups in total. The Labute approximate surface area is 150 Å². The SMILES string of the molecule is O=C(O)CCc1ccc(Oc2cc([N+](=O)[O-])c([N+](=O)[O-])c([N+](=O)[O-])c2)cc1. The summed E-state index contributed by atoms with van der Waals surface area (Å²) in [6.45, 7) is 0. The van der Waals surface area contributed by atoms with Crippen LogP contribution in [-0.2, 0) is 11.2 Å². The molecule has 0 spiro atoms. The van der Waals surface area contributed by atoms with Crippen LogP contribution < -0.4 is 4.74 Å². The highest BCUT2D eigenvalue weighted by atomic mass is 16.6. The maximum absolute atomic E-state index is 11.1. The molecule has 0 saturated heterocycles. The van der Waals surface area contributed by atoms with E-state index < -0.39 is 37.8 Å². The van der Waals surface area contributed by atoms with Crippen molar-refractivity contribution in [2.24, 2.45) is 0 Å². The predicted molar refractivity (Wildman–Crippen MR) is 88.9 cm³/mol. The van der Waals surface area contributed by atoms with Gasteiger partial charge in [-0.05, 0) is 24.1 Å². The number of nitro groups is 3. The summed E-state index contributed by atoms with van der Waals surface area (Å²) in [6, 6.07) is 7.46. The van der Waals surface area contributed by atoms with Gasteiger partial charge >= 0.3 is 23.0 Å². The van der Waals surface area contributed by atoms with Gasteiger partial charge in [0, 0.05) is 6.42 Å². The molecular formula is C15H11N3O9. The van der Waals surface area contributed by atoms with Crippen LogP contribution in [0.4, 0.5) is 17.1 Å². The van der Waals surface area contributed by atoms with Gasteiger partial charge in [-0.3, -0.25) is 35.1 Å². The molecule has 140 valence electrons. The van der Waals surface area contributed by atoms with Gasteiger partial charge < -0.3 is 9.84 Å². The van der Waals surface area contributed by atoms with Crippen molar-refractivity contribution < 1.29 is 29.4 Å². The number of hydrogen-bond acceptors (Lipinski definition) is 8. The van der Waals surface area contributed by atoms with E-state index in [1.54, 1.807) is 12.1 Å². The van der Waals surface area contributed by atoms with Crippen molar-refractivity contribution in [3.8, 4) is 11.5 Å². The van der Waals surface area contributed by atoms with E-state index in [2.05, 4.69) is 0 Å². The van der Waals surface area contributed by atoms with Crippen molar-refractivity contribution in [2.45, 2.75) is 12.8 Å². The lowest BCUT2D eigenvalue weighted by Gasteiger charge is -2.07. The number of hydrogen-bond donors (Lipinski definition) is 1. The minimum atomic E-state index is -1.23. The second-order valence-electron chi connectivity index (χ2n) is 5.22. The average Bonchev–Trinajstić information content (AvgIpc) is 2.60. The Morgan fingerprint density at radius 1 is 0.889 bits per heavy atom. The summed E-state index contributed by atoms with van der Waals surface area (Å²) in [5, 5.41) is 41.7. The van der Waals surface area contributed by atoms with Crippen molar-refractivity contribution in [3.05, 3.63) is 72.3 Å². The second-order valence-corrected chi connectivity index (χ2v) is 5.22. The molecule has 12 nitrogen and oxygen atoms in total. The number of carbonyl (C=O) groups is 1. The first kappa shape index (κ1) is 19.2. The molecular weight excluding hydrogens is 366 g/mol. The third-order valence-electron chi connectivity index (χ3n) is 3.41. The smallest absolute Gasteiger partial charge is 0.422 e. The van der Waals surface area contributed by atoms with E-state index in [9.17, 15) is 35.1 Å². The molecule has 12 heteroatoms. The maximum Gasteiger partial charge on any atom is 0.422 e. The van der Waals surface area contributed by atoms with Gasteiger partial charge in [0.15, 0.2) is 0 Å². The highest BCUT2D eigenvalue weighted by molar-refractivity contribution is 5.69. The fourth-order valence-electron chi connectivity index (χ4n) is 2.21. The molecule has 2 aromatic carbocycles. The number of aliphatic carboxylic acids is 1. The molecule has 0 aromatic heterocycles. The Hall–Kier alpha value is -4.09. The van der Waals surface area contributed by atoms with Gasteiger partial charge in [-0.1, -0.05) is 12.1 Å². The molecule has 0 aliphatic heterocycles. The highest BCUT2D eigenvalue weighted by Gasteiger charge is 2.37. The minimum absolute atomic E-state index is 0.0685. The van der Waals surface area contributed by atoms with Gasteiger partial charge in [-0.15, -0.1) is 0 Å². The van der Waals surface area contributed by atoms with Crippen LogP contribution in [0.25, 0.3) is 0 Å². The summed E-state index contributed by atoms with van der Waals surface area (Å²) in [4.78, 5) is 40.2. The topological polar surface area (TPSA) is 176 Å². The quantitative estimate of drug-likeness (QED) is 0.534. The lowest BCUT2D eigenvalue weighted by atomic mass is 10.1. The van der Waals surface area contributed by atoms with Gasteiger partial charge in [-0.2, -0.15) is 0 Å². The molecule has 0 fully saturated rings. The monoisotopic (exact) mass is 377 g/mol. The molecule has 0 aliphatic carbocycles.